The molecule has 0 atom stereocenters. The lowest BCUT2D eigenvalue weighted by atomic mass is 9.86. The maximum Gasteiger partial charge on any atom is 0.234 e. The number of hydrogen-bond donors (Lipinski definition) is 2. The van der Waals surface area contributed by atoms with Gasteiger partial charge < -0.3 is 10.6 Å². The molecule has 5 nitrogen and oxygen atoms in total. The molecule has 1 aliphatic rings. The van der Waals surface area contributed by atoms with E-state index in [-0.39, 0.29) is 18.2 Å². The summed E-state index contributed by atoms with van der Waals surface area (Å²) in [4.78, 5) is 23.3. The van der Waals surface area contributed by atoms with Crippen LogP contribution >= 0.6 is 0 Å². The second kappa shape index (κ2) is 9.71. The number of nitriles is 1. The summed E-state index contributed by atoms with van der Waals surface area (Å²) in [5.41, 5.74) is 1.71. The molecule has 2 rings (SSSR count). The standard InChI is InChI=1S/C19H25N3O2/c20-13-12-18(23)21-14-16-6-9-17(10-7-16)22-19(24)11-8-15-4-2-1-3-5-15/h6-7,9-10,15H,1-5,8,11-12,14H2,(H,21,23)(H,22,24). The van der Waals surface area contributed by atoms with Gasteiger partial charge in [0.25, 0.3) is 0 Å². The lowest BCUT2D eigenvalue weighted by Gasteiger charge is -2.21. The number of nitrogens with one attached hydrogen (secondary N) is 2. The van der Waals surface area contributed by atoms with Crippen LogP contribution in [0.2, 0.25) is 0 Å². The zero-order valence-corrected chi connectivity index (χ0v) is 14.0. The van der Waals surface area contributed by atoms with Gasteiger partial charge in [-0.3, -0.25) is 9.59 Å². The Morgan fingerprint density at radius 3 is 2.46 bits per heavy atom. The molecule has 0 bridgehead atoms. The van der Waals surface area contributed by atoms with Crippen LogP contribution in [0.25, 0.3) is 0 Å². The highest BCUT2D eigenvalue weighted by Gasteiger charge is 2.14. The van der Waals surface area contributed by atoms with Gasteiger partial charge in [0.15, 0.2) is 0 Å². The van der Waals surface area contributed by atoms with Crippen molar-refractivity contribution < 1.29 is 9.59 Å². The van der Waals surface area contributed by atoms with Crippen molar-refractivity contribution in [1.29, 1.82) is 5.26 Å². The molecule has 1 aromatic rings. The Labute approximate surface area is 143 Å². The van der Waals surface area contributed by atoms with Crippen molar-refractivity contribution in [3.8, 4) is 6.07 Å². The van der Waals surface area contributed by atoms with Crippen molar-refractivity contribution >= 4 is 17.5 Å². The number of hydrogen-bond acceptors (Lipinski definition) is 3. The molecule has 0 heterocycles. The Morgan fingerprint density at radius 1 is 1.08 bits per heavy atom. The van der Waals surface area contributed by atoms with E-state index in [1.165, 1.54) is 32.1 Å². The first-order valence-electron chi connectivity index (χ1n) is 8.70. The van der Waals surface area contributed by atoms with E-state index >= 15 is 0 Å². The fourth-order valence-corrected chi connectivity index (χ4v) is 3.08. The molecule has 0 aromatic heterocycles. The molecule has 0 spiro atoms. The van der Waals surface area contributed by atoms with E-state index in [2.05, 4.69) is 10.6 Å². The van der Waals surface area contributed by atoms with E-state index in [1.807, 2.05) is 30.3 Å². The average Bonchev–Trinajstić information content (AvgIpc) is 2.60. The predicted octanol–water partition coefficient (Wildman–Crippen LogP) is 3.52. The summed E-state index contributed by atoms with van der Waals surface area (Å²) >= 11 is 0. The summed E-state index contributed by atoms with van der Waals surface area (Å²) in [6, 6.07) is 9.21. The first-order valence-corrected chi connectivity index (χ1v) is 8.70. The van der Waals surface area contributed by atoms with Crippen LogP contribution in [-0.4, -0.2) is 11.8 Å². The quantitative estimate of drug-likeness (QED) is 0.804. The van der Waals surface area contributed by atoms with Crippen molar-refractivity contribution in [2.75, 3.05) is 5.32 Å². The van der Waals surface area contributed by atoms with Crippen LogP contribution in [0, 0.1) is 17.2 Å². The molecule has 1 fully saturated rings. The second-order valence-electron chi connectivity index (χ2n) is 6.40. The second-order valence-corrected chi connectivity index (χ2v) is 6.40. The smallest absolute Gasteiger partial charge is 0.234 e. The van der Waals surface area contributed by atoms with Gasteiger partial charge in [0.1, 0.15) is 6.42 Å². The molecule has 1 aromatic carbocycles. The molecule has 1 aliphatic carbocycles. The van der Waals surface area contributed by atoms with Gasteiger partial charge in [-0.1, -0.05) is 44.2 Å². The van der Waals surface area contributed by atoms with Gasteiger partial charge in [-0.2, -0.15) is 5.26 Å². The molecule has 1 saturated carbocycles. The Kier molecular flexibility index (Phi) is 7.28. The lowest BCUT2D eigenvalue weighted by molar-refractivity contribution is -0.120. The zero-order chi connectivity index (χ0) is 17.2. The van der Waals surface area contributed by atoms with E-state index in [0.29, 0.717) is 18.9 Å². The maximum atomic E-state index is 12.0. The normalized spacial score (nSPS) is 14.6. The van der Waals surface area contributed by atoms with Crippen LogP contribution in [0.15, 0.2) is 24.3 Å². The minimum Gasteiger partial charge on any atom is -0.351 e. The third-order valence-corrected chi connectivity index (χ3v) is 4.47. The van der Waals surface area contributed by atoms with Gasteiger partial charge in [-0.25, -0.2) is 0 Å². The van der Waals surface area contributed by atoms with Gasteiger partial charge >= 0.3 is 0 Å². The summed E-state index contributed by atoms with van der Waals surface area (Å²) in [5, 5.41) is 14.0. The molecule has 0 radical (unpaired) electrons. The fourth-order valence-electron chi connectivity index (χ4n) is 3.08. The molecule has 0 saturated heterocycles. The minimum atomic E-state index is -0.280. The average molecular weight is 327 g/mol. The number of rotatable bonds is 7. The third kappa shape index (κ3) is 6.41. The Balaban J connectivity index is 1.71. The van der Waals surface area contributed by atoms with Crippen molar-refractivity contribution in [2.45, 2.75) is 57.9 Å². The summed E-state index contributed by atoms with van der Waals surface area (Å²) < 4.78 is 0. The summed E-state index contributed by atoms with van der Waals surface area (Å²) in [6.07, 6.45) is 7.91. The Morgan fingerprint density at radius 2 is 1.79 bits per heavy atom. The first-order chi connectivity index (χ1) is 11.7. The van der Waals surface area contributed by atoms with E-state index in [0.717, 1.165) is 17.7 Å². The SMILES string of the molecule is N#CCC(=O)NCc1ccc(NC(=O)CCC2CCCCC2)cc1. The van der Waals surface area contributed by atoms with Gasteiger partial charge in [-0.05, 0) is 30.0 Å². The fraction of sp³-hybridized carbons (Fsp3) is 0.526. The van der Waals surface area contributed by atoms with E-state index in [1.54, 1.807) is 0 Å². The van der Waals surface area contributed by atoms with Crippen molar-refractivity contribution in [3.05, 3.63) is 29.8 Å². The minimum absolute atomic E-state index is 0.0654. The van der Waals surface area contributed by atoms with E-state index in [4.69, 9.17) is 5.26 Å². The maximum absolute atomic E-state index is 12.0. The van der Waals surface area contributed by atoms with Gasteiger partial charge in [0, 0.05) is 18.7 Å². The van der Waals surface area contributed by atoms with Crippen molar-refractivity contribution in [1.82, 2.24) is 5.32 Å². The number of amides is 2. The van der Waals surface area contributed by atoms with Crippen molar-refractivity contribution in [2.24, 2.45) is 5.92 Å². The molecule has 0 aliphatic heterocycles. The lowest BCUT2D eigenvalue weighted by Crippen LogP contribution is -2.21. The highest BCUT2D eigenvalue weighted by atomic mass is 16.2. The number of carbonyl (C=O) groups excluding carboxylic acids is 2. The van der Waals surface area contributed by atoms with Crippen LogP contribution in [0.1, 0.15) is 56.9 Å². The number of carbonyl (C=O) groups is 2. The Hall–Kier alpha value is -2.35. The number of anilines is 1. The first kappa shape index (κ1) is 18.0. The van der Waals surface area contributed by atoms with Gasteiger partial charge in [0.05, 0.1) is 6.07 Å². The molecule has 2 amide bonds. The molecule has 5 heteroatoms. The van der Waals surface area contributed by atoms with Gasteiger partial charge in [-0.15, -0.1) is 0 Å². The molecule has 2 N–H and O–H groups in total. The van der Waals surface area contributed by atoms with Crippen LogP contribution in [0.5, 0.6) is 0 Å². The highest BCUT2D eigenvalue weighted by Crippen LogP contribution is 2.27. The highest BCUT2D eigenvalue weighted by molar-refractivity contribution is 5.90. The Bertz CT molecular complexity index is 584. The summed E-state index contributed by atoms with van der Waals surface area (Å²) in [6.45, 7) is 0.385. The molecular weight excluding hydrogens is 302 g/mol. The topological polar surface area (TPSA) is 82.0 Å². The third-order valence-electron chi connectivity index (χ3n) is 4.47. The number of nitrogens with zero attached hydrogens (tertiary/aromatic N) is 1. The van der Waals surface area contributed by atoms with Crippen LogP contribution in [-0.2, 0) is 16.1 Å². The van der Waals surface area contributed by atoms with Crippen LogP contribution in [0.3, 0.4) is 0 Å². The molecule has 24 heavy (non-hydrogen) atoms. The van der Waals surface area contributed by atoms with Crippen molar-refractivity contribution in [3.63, 3.8) is 0 Å². The number of benzene rings is 1. The summed E-state index contributed by atoms with van der Waals surface area (Å²) in [5.74, 6) is 0.497. The monoisotopic (exact) mass is 327 g/mol. The molecular formula is C19H25N3O2. The summed E-state index contributed by atoms with van der Waals surface area (Å²) in [7, 11) is 0. The zero-order valence-electron chi connectivity index (χ0n) is 14.0. The predicted molar refractivity (Wildman–Crippen MR) is 93.0 cm³/mol. The largest absolute Gasteiger partial charge is 0.351 e. The van der Waals surface area contributed by atoms with Crippen LogP contribution in [0.4, 0.5) is 5.69 Å². The van der Waals surface area contributed by atoms with Gasteiger partial charge in [0.2, 0.25) is 11.8 Å². The molecule has 0 unspecified atom stereocenters. The van der Waals surface area contributed by atoms with E-state index < -0.39 is 0 Å². The molecule has 128 valence electrons. The van der Waals surface area contributed by atoms with E-state index in [9.17, 15) is 9.59 Å². The van der Waals surface area contributed by atoms with Crippen LogP contribution < -0.4 is 10.6 Å².